The summed E-state index contributed by atoms with van der Waals surface area (Å²) in [7, 11) is 0. The van der Waals surface area contributed by atoms with Gasteiger partial charge < -0.3 is 10.5 Å². The summed E-state index contributed by atoms with van der Waals surface area (Å²) < 4.78 is 5.95. The summed E-state index contributed by atoms with van der Waals surface area (Å²) in [5.74, 6) is 1.42. The molecule has 100 valence electrons. The molecule has 0 aromatic carbocycles. The van der Waals surface area contributed by atoms with Crippen molar-refractivity contribution in [1.29, 1.82) is 0 Å². The minimum atomic E-state index is -0.191. The Balaban J connectivity index is 1.86. The standard InChI is InChI=1S/C15H23NO2/c1-11-7-8-13(15(16)17)9-14(11)18-10-12-5-3-2-4-6-12/h2-3,12-13H,4-10H2,1H3,(H2,16,17). The molecule has 0 heterocycles. The lowest BCUT2D eigenvalue weighted by Gasteiger charge is -2.26. The zero-order valence-electron chi connectivity index (χ0n) is 11.2. The smallest absolute Gasteiger partial charge is 0.220 e. The first-order chi connectivity index (χ1) is 8.66. The lowest BCUT2D eigenvalue weighted by atomic mass is 9.88. The predicted octanol–water partition coefficient (Wildman–Crippen LogP) is 2.92. The van der Waals surface area contributed by atoms with Gasteiger partial charge in [0.2, 0.25) is 5.91 Å². The highest BCUT2D eigenvalue weighted by Gasteiger charge is 2.24. The third kappa shape index (κ3) is 3.37. The fourth-order valence-corrected chi connectivity index (χ4v) is 2.68. The molecular weight excluding hydrogens is 226 g/mol. The molecule has 0 fully saturated rings. The van der Waals surface area contributed by atoms with E-state index in [4.69, 9.17) is 10.5 Å². The van der Waals surface area contributed by atoms with Gasteiger partial charge in [-0.25, -0.2) is 0 Å². The van der Waals surface area contributed by atoms with Gasteiger partial charge in [-0.1, -0.05) is 12.2 Å². The number of hydrogen-bond acceptors (Lipinski definition) is 2. The van der Waals surface area contributed by atoms with Gasteiger partial charge in [0.05, 0.1) is 12.4 Å². The van der Waals surface area contributed by atoms with Crippen LogP contribution in [0, 0.1) is 11.8 Å². The average Bonchev–Trinajstić information content (AvgIpc) is 2.38. The molecule has 0 aromatic heterocycles. The van der Waals surface area contributed by atoms with Crippen molar-refractivity contribution < 1.29 is 9.53 Å². The molecule has 2 unspecified atom stereocenters. The summed E-state index contributed by atoms with van der Waals surface area (Å²) in [6.07, 6.45) is 10.5. The van der Waals surface area contributed by atoms with Gasteiger partial charge in [0.1, 0.15) is 0 Å². The number of primary amides is 1. The lowest BCUT2D eigenvalue weighted by molar-refractivity contribution is -0.122. The van der Waals surface area contributed by atoms with Crippen LogP contribution in [0.1, 0.15) is 45.4 Å². The Hall–Kier alpha value is -1.25. The Kier molecular flexibility index (Phi) is 4.45. The van der Waals surface area contributed by atoms with Gasteiger partial charge in [0, 0.05) is 12.3 Å². The first kappa shape index (κ1) is 13.2. The van der Waals surface area contributed by atoms with Gasteiger partial charge in [-0.15, -0.1) is 0 Å². The van der Waals surface area contributed by atoms with Crippen molar-refractivity contribution in [2.24, 2.45) is 17.6 Å². The maximum Gasteiger partial charge on any atom is 0.220 e. The van der Waals surface area contributed by atoms with Crippen LogP contribution in [-0.4, -0.2) is 12.5 Å². The number of hydrogen-bond donors (Lipinski definition) is 1. The number of carbonyl (C=O) groups excluding carboxylic acids is 1. The summed E-state index contributed by atoms with van der Waals surface area (Å²) in [6, 6.07) is 0. The second kappa shape index (κ2) is 6.07. The SMILES string of the molecule is CC1=C(OCC2CC=CCC2)CC(C(N)=O)CC1. The average molecular weight is 249 g/mol. The van der Waals surface area contributed by atoms with Crippen LogP contribution in [0.25, 0.3) is 0 Å². The van der Waals surface area contributed by atoms with Gasteiger partial charge in [0.25, 0.3) is 0 Å². The molecule has 0 saturated heterocycles. The normalized spacial score (nSPS) is 28.3. The third-order valence-corrected chi connectivity index (χ3v) is 4.05. The van der Waals surface area contributed by atoms with Crippen LogP contribution in [0.3, 0.4) is 0 Å². The van der Waals surface area contributed by atoms with E-state index in [1.54, 1.807) is 0 Å². The predicted molar refractivity (Wildman–Crippen MR) is 71.7 cm³/mol. The van der Waals surface area contributed by atoms with E-state index in [-0.39, 0.29) is 11.8 Å². The van der Waals surface area contributed by atoms with Crippen LogP contribution >= 0.6 is 0 Å². The zero-order chi connectivity index (χ0) is 13.0. The Morgan fingerprint density at radius 3 is 2.94 bits per heavy atom. The van der Waals surface area contributed by atoms with E-state index in [1.165, 1.54) is 12.0 Å². The Bertz CT molecular complexity index is 371. The molecule has 0 radical (unpaired) electrons. The van der Waals surface area contributed by atoms with E-state index in [0.717, 1.165) is 38.0 Å². The van der Waals surface area contributed by atoms with Gasteiger partial charge in [-0.2, -0.15) is 0 Å². The second-order valence-corrected chi connectivity index (χ2v) is 5.51. The van der Waals surface area contributed by atoms with Crippen molar-refractivity contribution >= 4 is 5.91 Å². The van der Waals surface area contributed by atoms with E-state index in [1.807, 2.05) is 0 Å². The molecule has 0 bridgehead atoms. The molecule has 3 heteroatoms. The van der Waals surface area contributed by atoms with Crippen molar-refractivity contribution in [2.45, 2.75) is 45.4 Å². The number of allylic oxidation sites excluding steroid dienone is 4. The quantitative estimate of drug-likeness (QED) is 0.779. The largest absolute Gasteiger partial charge is 0.498 e. The monoisotopic (exact) mass is 249 g/mol. The molecule has 0 aliphatic heterocycles. The highest BCUT2D eigenvalue weighted by molar-refractivity contribution is 5.77. The third-order valence-electron chi connectivity index (χ3n) is 4.05. The highest BCUT2D eigenvalue weighted by atomic mass is 16.5. The Morgan fingerprint density at radius 1 is 1.44 bits per heavy atom. The second-order valence-electron chi connectivity index (χ2n) is 5.51. The minimum absolute atomic E-state index is 0.0325. The van der Waals surface area contributed by atoms with E-state index < -0.39 is 0 Å². The number of amides is 1. The molecule has 1 amide bonds. The molecule has 2 atom stereocenters. The lowest BCUT2D eigenvalue weighted by Crippen LogP contribution is -2.27. The van der Waals surface area contributed by atoms with E-state index >= 15 is 0 Å². The fourth-order valence-electron chi connectivity index (χ4n) is 2.68. The molecule has 3 nitrogen and oxygen atoms in total. The Labute approximate surface area is 109 Å². The van der Waals surface area contributed by atoms with Crippen LogP contribution < -0.4 is 5.73 Å². The van der Waals surface area contributed by atoms with E-state index in [2.05, 4.69) is 19.1 Å². The summed E-state index contributed by atoms with van der Waals surface area (Å²) in [4.78, 5) is 11.2. The van der Waals surface area contributed by atoms with Crippen molar-refractivity contribution in [3.63, 3.8) is 0 Å². The number of rotatable bonds is 4. The van der Waals surface area contributed by atoms with Gasteiger partial charge in [-0.05, 0) is 50.5 Å². The number of nitrogens with two attached hydrogens (primary N) is 1. The maximum absolute atomic E-state index is 11.2. The molecule has 2 aliphatic carbocycles. The minimum Gasteiger partial charge on any atom is -0.498 e. The topological polar surface area (TPSA) is 52.3 Å². The van der Waals surface area contributed by atoms with Crippen molar-refractivity contribution in [3.05, 3.63) is 23.5 Å². The summed E-state index contributed by atoms with van der Waals surface area (Å²) >= 11 is 0. The van der Waals surface area contributed by atoms with E-state index in [9.17, 15) is 4.79 Å². The van der Waals surface area contributed by atoms with Gasteiger partial charge >= 0.3 is 0 Å². The molecular formula is C15H23NO2. The van der Waals surface area contributed by atoms with Crippen molar-refractivity contribution in [3.8, 4) is 0 Å². The number of carbonyl (C=O) groups is 1. The van der Waals surface area contributed by atoms with Crippen LogP contribution in [0.4, 0.5) is 0 Å². The molecule has 0 saturated carbocycles. The first-order valence-corrected chi connectivity index (χ1v) is 6.92. The summed E-state index contributed by atoms with van der Waals surface area (Å²) in [5, 5.41) is 0. The van der Waals surface area contributed by atoms with Crippen LogP contribution in [0.5, 0.6) is 0 Å². The summed E-state index contributed by atoms with van der Waals surface area (Å²) in [6.45, 7) is 2.88. The summed E-state index contributed by atoms with van der Waals surface area (Å²) in [5.41, 5.74) is 6.68. The zero-order valence-corrected chi connectivity index (χ0v) is 11.2. The fraction of sp³-hybridized carbons (Fsp3) is 0.667. The molecule has 2 rings (SSSR count). The van der Waals surface area contributed by atoms with Gasteiger partial charge in [0.15, 0.2) is 0 Å². The van der Waals surface area contributed by atoms with Crippen molar-refractivity contribution in [2.75, 3.05) is 6.61 Å². The van der Waals surface area contributed by atoms with Crippen LogP contribution in [-0.2, 0) is 9.53 Å². The molecule has 18 heavy (non-hydrogen) atoms. The van der Waals surface area contributed by atoms with Crippen molar-refractivity contribution in [1.82, 2.24) is 0 Å². The highest BCUT2D eigenvalue weighted by Crippen LogP contribution is 2.31. The molecule has 0 spiro atoms. The number of ether oxygens (including phenoxy) is 1. The van der Waals surface area contributed by atoms with Crippen LogP contribution in [0.2, 0.25) is 0 Å². The maximum atomic E-state index is 11.2. The van der Waals surface area contributed by atoms with Gasteiger partial charge in [-0.3, -0.25) is 4.79 Å². The Morgan fingerprint density at radius 2 is 2.28 bits per heavy atom. The molecule has 0 aromatic rings. The molecule has 2 aliphatic rings. The first-order valence-electron chi connectivity index (χ1n) is 6.92. The van der Waals surface area contributed by atoms with E-state index in [0.29, 0.717) is 12.3 Å². The van der Waals surface area contributed by atoms with Crippen LogP contribution in [0.15, 0.2) is 23.5 Å². The molecule has 2 N–H and O–H groups in total.